The molecule has 0 atom stereocenters. The van der Waals surface area contributed by atoms with E-state index in [1.165, 1.54) is 4.90 Å². The first-order valence-electron chi connectivity index (χ1n) is 9.14. The van der Waals surface area contributed by atoms with Crippen molar-refractivity contribution >= 4 is 28.8 Å². The van der Waals surface area contributed by atoms with Crippen molar-refractivity contribution in [2.45, 2.75) is 27.7 Å². The fraction of sp³-hybridized carbons (Fsp3) is 0.273. The molecule has 6 heteroatoms. The van der Waals surface area contributed by atoms with Gasteiger partial charge in [0.15, 0.2) is 0 Å². The van der Waals surface area contributed by atoms with Gasteiger partial charge in [0, 0.05) is 30.0 Å². The molecule has 0 fully saturated rings. The summed E-state index contributed by atoms with van der Waals surface area (Å²) in [6.45, 7) is 7.87. The molecule has 0 radical (unpaired) electrons. The molecule has 1 aromatic carbocycles. The molecule has 0 aliphatic rings. The van der Waals surface area contributed by atoms with Crippen molar-refractivity contribution in [2.75, 3.05) is 18.9 Å². The number of carbonyl (C=O) groups is 2. The van der Waals surface area contributed by atoms with Crippen molar-refractivity contribution in [3.8, 4) is 5.00 Å². The number of nitrogens with one attached hydrogen (secondary N) is 1. The van der Waals surface area contributed by atoms with Gasteiger partial charge in [-0.25, -0.2) is 0 Å². The van der Waals surface area contributed by atoms with Gasteiger partial charge in [-0.05, 0) is 56.5 Å². The number of rotatable bonds is 5. The van der Waals surface area contributed by atoms with E-state index in [9.17, 15) is 9.59 Å². The van der Waals surface area contributed by atoms with Gasteiger partial charge >= 0.3 is 0 Å². The highest BCUT2D eigenvalue weighted by molar-refractivity contribution is 7.15. The van der Waals surface area contributed by atoms with Crippen molar-refractivity contribution in [1.82, 2.24) is 9.47 Å². The summed E-state index contributed by atoms with van der Waals surface area (Å²) in [6, 6.07) is 9.73. The lowest BCUT2D eigenvalue weighted by Gasteiger charge is -2.19. The summed E-state index contributed by atoms with van der Waals surface area (Å²) in [4.78, 5) is 28.3. The monoisotopic (exact) mass is 395 g/mol. The predicted molar refractivity (Wildman–Crippen MR) is 115 cm³/mol. The standard InChI is InChI=1S/C22H25N3O2S/c1-14-9-8-10-15(2)20(14)23-18(26)13-24(5)21(27)19-16(3)17(4)28-22(19)25-11-6-7-12-25/h6-12H,13H2,1-5H3,(H,23,26). The summed E-state index contributed by atoms with van der Waals surface area (Å²) in [5, 5.41) is 3.82. The Morgan fingerprint density at radius 2 is 1.64 bits per heavy atom. The molecule has 1 N–H and O–H groups in total. The maximum atomic E-state index is 13.2. The summed E-state index contributed by atoms with van der Waals surface area (Å²) >= 11 is 1.58. The van der Waals surface area contributed by atoms with E-state index in [0.29, 0.717) is 5.56 Å². The fourth-order valence-electron chi connectivity index (χ4n) is 3.18. The Morgan fingerprint density at radius 1 is 1.04 bits per heavy atom. The average Bonchev–Trinajstić information content (AvgIpc) is 3.27. The van der Waals surface area contributed by atoms with Gasteiger partial charge in [-0.2, -0.15) is 0 Å². The molecule has 0 unspecified atom stereocenters. The van der Waals surface area contributed by atoms with Crippen LogP contribution in [0.15, 0.2) is 42.7 Å². The third kappa shape index (κ3) is 3.87. The van der Waals surface area contributed by atoms with Crippen LogP contribution in [0.2, 0.25) is 0 Å². The van der Waals surface area contributed by atoms with Crippen molar-refractivity contribution in [3.63, 3.8) is 0 Å². The molecule has 2 heterocycles. The Morgan fingerprint density at radius 3 is 2.25 bits per heavy atom. The van der Waals surface area contributed by atoms with Crippen molar-refractivity contribution < 1.29 is 9.59 Å². The largest absolute Gasteiger partial charge is 0.332 e. The van der Waals surface area contributed by atoms with E-state index in [4.69, 9.17) is 0 Å². The van der Waals surface area contributed by atoms with Crippen LogP contribution in [0, 0.1) is 27.7 Å². The lowest BCUT2D eigenvalue weighted by Crippen LogP contribution is -2.35. The molecule has 3 aromatic rings. The summed E-state index contributed by atoms with van der Waals surface area (Å²) in [5.74, 6) is -0.359. The van der Waals surface area contributed by atoms with Crippen LogP contribution >= 0.6 is 11.3 Å². The van der Waals surface area contributed by atoms with Crippen LogP contribution in [0.25, 0.3) is 5.00 Å². The second kappa shape index (κ2) is 8.02. The molecule has 0 saturated heterocycles. The number of benzene rings is 1. The molecule has 2 aromatic heterocycles. The van der Waals surface area contributed by atoms with Gasteiger partial charge in [-0.3, -0.25) is 9.59 Å². The molecule has 0 bridgehead atoms. The van der Waals surface area contributed by atoms with E-state index >= 15 is 0 Å². The molecule has 28 heavy (non-hydrogen) atoms. The van der Waals surface area contributed by atoms with E-state index in [1.807, 2.05) is 75.0 Å². The number of carbonyl (C=O) groups excluding carboxylic acids is 2. The van der Waals surface area contributed by atoms with Crippen LogP contribution in [0.3, 0.4) is 0 Å². The third-order valence-electron chi connectivity index (χ3n) is 4.89. The van der Waals surface area contributed by atoms with Gasteiger partial charge in [0.25, 0.3) is 5.91 Å². The van der Waals surface area contributed by atoms with Gasteiger partial charge in [0.2, 0.25) is 5.91 Å². The van der Waals surface area contributed by atoms with E-state index in [2.05, 4.69) is 5.32 Å². The molecule has 0 spiro atoms. The molecule has 0 aliphatic carbocycles. The Balaban J connectivity index is 1.79. The SMILES string of the molecule is Cc1cccc(C)c1NC(=O)CN(C)C(=O)c1c(-n2cccc2)sc(C)c1C. The minimum Gasteiger partial charge on any atom is -0.332 e. The summed E-state index contributed by atoms with van der Waals surface area (Å²) in [5.41, 5.74) is 4.42. The zero-order valence-electron chi connectivity index (χ0n) is 16.9. The van der Waals surface area contributed by atoms with Crippen molar-refractivity contribution in [3.05, 3.63) is 69.9 Å². The van der Waals surface area contributed by atoms with Crippen LogP contribution in [0.1, 0.15) is 31.9 Å². The molecule has 3 rings (SSSR count). The number of aromatic nitrogens is 1. The van der Waals surface area contributed by atoms with E-state index in [-0.39, 0.29) is 18.4 Å². The highest BCUT2D eigenvalue weighted by Gasteiger charge is 2.24. The van der Waals surface area contributed by atoms with Crippen molar-refractivity contribution in [1.29, 1.82) is 0 Å². The van der Waals surface area contributed by atoms with Crippen LogP contribution in [-0.2, 0) is 4.79 Å². The lowest BCUT2D eigenvalue weighted by molar-refractivity contribution is -0.116. The maximum Gasteiger partial charge on any atom is 0.257 e. The molecule has 146 valence electrons. The Bertz CT molecular complexity index is 999. The number of para-hydroxylation sites is 1. The van der Waals surface area contributed by atoms with Gasteiger partial charge < -0.3 is 14.8 Å². The fourth-order valence-corrected chi connectivity index (χ4v) is 4.30. The third-order valence-corrected chi connectivity index (χ3v) is 6.11. The van der Waals surface area contributed by atoms with Crippen molar-refractivity contribution in [2.24, 2.45) is 0 Å². The average molecular weight is 396 g/mol. The zero-order chi connectivity index (χ0) is 20.4. The number of anilines is 1. The van der Waals surface area contributed by atoms with Gasteiger partial charge in [0.05, 0.1) is 12.1 Å². The highest BCUT2D eigenvalue weighted by Crippen LogP contribution is 2.31. The lowest BCUT2D eigenvalue weighted by atomic mass is 10.1. The second-order valence-electron chi connectivity index (χ2n) is 7.03. The van der Waals surface area contributed by atoms with Crippen LogP contribution < -0.4 is 5.32 Å². The molecule has 2 amide bonds. The van der Waals surface area contributed by atoms with E-state index in [1.54, 1.807) is 18.4 Å². The minimum absolute atomic E-state index is 0.00788. The maximum absolute atomic E-state index is 13.2. The van der Waals surface area contributed by atoms with Gasteiger partial charge in [-0.1, -0.05) is 18.2 Å². The molecule has 0 saturated carbocycles. The van der Waals surface area contributed by atoms with E-state index < -0.39 is 0 Å². The first-order valence-corrected chi connectivity index (χ1v) is 9.96. The first kappa shape index (κ1) is 19.9. The predicted octanol–water partition coefficient (Wildman–Crippen LogP) is 4.48. The quantitative estimate of drug-likeness (QED) is 0.692. The van der Waals surface area contributed by atoms with Crippen LogP contribution in [-0.4, -0.2) is 34.9 Å². The molecular formula is C22H25N3O2S. The number of hydrogen-bond acceptors (Lipinski definition) is 3. The number of nitrogens with zero attached hydrogens (tertiary/aromatic N) is 2. The van der Waals surface area contributed by atoms with Crippen LogP contribution in [0.4, 0.5) is 5.69 Å². The Labute approximate surface area is 169 Å². The Kier molecular flexibility index (Phi) is 5.70. The number of thiophene rings is 1. The smallest absolute Gasteiger partial charge is 0.257 e. The minimum atomic E-state index is -0.208. The normalized spacial score (nSPS) is 10.8. The summed E-state index contributed by atoms with van der Waals surface area (Å²) in [7, 11) is 1.67. The Hall–Kier alpha value is -2.86. The number of amides is 2. The zero-order valence-corrected chi connectivity index (χ0v) is 17.7. The molecule has 0 aliphatic heterocycles. The van der Waals surface area contributed by atoms with Crippen LogP contribution in [0.5, 0.6) is 0 Å². The molecule has 5 nitrogen and oxygen atoms in total. The number of hydrogen-bond donors (Lipinski definition) is 1. The summed E-state index contributed by atoms with van der Waals surface area (Å²) in [6.07, 6.45) is 3.85. The number of aryl methyl sites for hydroxylation is 3. The molecular weight excluding hydrogens is 370 g/mol. The van der Waals surface area contributed by atoms with E-state index in [0.717, 1.165) is 32.3 Å². The van der Waals surface area contributed by atoms with Gasteiger partial charge in [-0.15, -0.1) is 11.3 Å². The first-order chi connectivity index (χ1) is 13.3. The highest BCUT2D eigenvalue weighted by atomic mass is 32.1. The summed E-state index contributed by atoms with van der Waals surface area (Å²) < 4.78 is 1.95. The van der Waals surface area contributed by atoms with Gasteiger partial charge in [0.1, 0.15) is 5.00 Å². The topological polar surface area (TPSA) is 54.3 Å². The second-order valence-corrected chi connectivity index (χ2v) is 8.23. The number of likely N-dealkylation sites (N-methyl/N-ethyl adjacent to an activating group) is 1.